The van der Waals surface area contributed by atoms with Crippen LogP contribution in [0, 0.1) is 21.3 Å². The molecule has 166 valence electrons. The third kappa shape index (κ3) is 6.77. The van der Waals surface area contributed by atoms with E-state index in [1.54, 1.807) is 31.2 Å². The predicted molar refractivity (Wildman–Crippen MR) is 111 cm³/mol. The van der Waals surface area contributed by atoms with Gasteiger partial charge < -0.3 is 14.9 Å². The molecule has 2 aromatic carbocycles. The number of ether oxygens (including phenoxy) is 1. The van der Waals surface area contributed by atoms with Crippen LogP contribution in [0.25, 0.3) is 11.1 Å². The summed E-state index contributed by atoms with van der Waals surface area (Å²) in [5.41, 5.74) is 0.511. The van der Waals surface area contributed by atoms with Gasteiger partial charge in [-0.3, -0.25) is 9.59 Å². The Balaban J connectivity index is 1.85. The van der Waals surface area contributed by atoms with Gasteiger partial charge in [-0.2, -0.15) is 0 Å². The SMILES string of the molecule is C[C@@H](C(=O)NCCOC(=O)C(C)(C)CO[N+](=O)[O-])c1ccc(-c2ccccc2)c(F)c1. The molecule has 0 aliphatic carbocycles. The molecule has 0 aliphatic heterocycles. The zero-order valence-corrected chi connectivity index (χ0v) is 17.6. The molecule has 2 rings (SSSR count). The summed E-state index contributed by atoms with van der Waals surface area (Å²) in [6, 6.07) is 13.8. The van der Waals surface area contributed by atoms with Crippen molar-refractivity contribution < 1.29 is 28.6 Å². The van der Waals surface area contributed by atoms with Gasteiger partial charge in [0.15, 0.2) is 0 Å². The van der Waals surface area contributed by atoms with E-state index in [1.165, 1.54) is 19.9 Å². The van der Waals surface area contributed by atoms with Crippen molar-refractivity contribution in [1.29, 1.82) is 0 Å². The van der Waals surface area contributed by atoms with E-state index in [9.17, 15) is 24.1 Å². The number of carbonyl (C=O) groups excluding carboxylic acids is 2. The van der Waals surface area contributed by atoms with Crippen LogP contribution in [0.15, 0.2) is 48.5 Å². The second-order valence-corrected chi connectivity index (χ2v) is 7.63. The zero-order chi connectivity index (χ0) is 23.0. The van der Waals surface area contributed by atoms with Crippen molar-refractivity contribution in [3.8, 4) is 11.1 Å². The minimum atomic E-state index is -1.21. The maximum atomic E-state index is 14.5. The molecule has 0 aliphatic rings. The number of carbonyl (C=O) groups is 2. The first-order chi connectivity index (χ1) is 14.6. The van der Waals surface area contributed by atoms with Crippen LogP contribution < -0.4 is 5.32 Å². The maximum absolute atomic E-state index is 14.5. The minimum absolute atomic E-state index is 0.0473. The van der Waals surface area contributed by atoms with Crippen molar-refractivity contribution in [3.63, 3.8) is 0 Å². The number of nitrogens with zero attached hydrogens (tertiary/aromatic N) is 1. The van der Waals surface area contributed by atoms with Crippen molar-refractivity contribution in [3.05, 3.63) is 70.0 Å². The Labute approximate surface area is 179 Å². The standard InChI is InChI=1S/C22H25FN2O6/c1-15(17-9-10-18(19(23)13-17)16-7-5-4-6-8-16)20(26)24-11-12-30-21(27)22(2,3)14-31-25(28)29/h4-10,13,15H,11-12,14H2,1-3H3,(H,24,26)/t15-/m1/s1. The third-order valence-corrected chi connectivity index (χ3v) is 4.69. The lowest BCUT2D eigenvalue weighted by atomic mass is 9.95. The number of hydrogen-bond donors (Lipinski definition) is 1. The molecule has 31 heavy (non-hydrogen) atoms. The van der Waals surface area contributed by atoms with E-state index in [4.69, 9.17) is 4.74 Å². The zero-order valence-electron chi connectivity index (χ0n) is 17.6. The van der Waals surface area contributed by atoms with Crippen LogP contribution in [0.4, 0.5) is 4.39 Å². The van der Waals surface area contributed by atoms with E-state index in [0.717, 1.165) is 5.56 Å². The monoisotopic (exact) mass is 432 g/mol. The first kappa shape index (κ1) is 23.8. The molecule has 2 aromatic rings. The molecule has 0 heterocycles. The molecule has 0 saturated carbocycles. The highest BCUT2D eigenvalue weighted by Crippen LogP contribution is 2.26. The Morgan fingerprint density at radius 1 is 1.19 bits per heavy atom. The molecule has 0 aromatic heterocycles. The summed E-state index contributed by atoms with van der Waals surface area (Å²) in [6.45, 7) is 4.05. The van der Waals surface area contributed by atoms with Gasteiger partial charge in [-0.25, -0.2) is 4.39 Å². The van der Waals surface area contributed by atoms with Crippen molar-refractivity contribution >= 4 is 11.9 Å². The fourth-order valence-electron chi connectivity index (χ4n) is 2.74. The van der Waals surface area contributed by atoms with E-state index in [1.807, 2.05) is 18.2 Å². The van der Waals surface area contributed by atoms with Crippen LogP contribution in [-0.4, -0.2) is 36.7 Å². The summed E-state index contributed by atoms with van der Waals surface area (Å²) in [6.07, 6.45) is 0. The lowest BCUT2D eigenvalue weighted by molar-refractivity contribution is -0.760. The normalized spacial score (nSPS) is 12.0. The smallest absolute Gasteiger partial charge is 0.313 e. The molecule has 1 N–H and O–H groups in total. The number of amides is 1. The van der Waals surface area contributed by atoms with Crippen LogP contribution in [-0.2, 0) is 19.2 Å². The first-order valence-electron chi connectivity index (χ1n) is 9.69. The van der Waals surface area contributed by atoms with E-state index in [0.29, 0.717) is 11.1 Å². The van der Waals surface area contributed by atoms with E-state index in [-0.39, 0.29) is 19.1 Å². The number of benzene rings is 2. The van der Waals surface area contributed by atoms with Gasteiger partial charge in [0, 0.05) is 5.56 Å². The van der Waals surface area contributed by atoms with Gasteiger partial charge in [0.2, 0.25) is 5.91 Å². The van der Waals surface area contributed by atoms with Crippen LogP contribution in [0.5, 0.6) is 0 Å². The Hall–Kier alpha value is -3.49. The van der Waals surface area contributed by atoms with Crippen molar-refractivity contribution in [1.82, 2.24) is 5.32 Å². The van der Waals surface area contributed by atoms with Crippen molar-refractivity contribution in [2.75, 3.05) is 19.8 Å². The molecule has 8 nitrogen and oxygen atoms in total. The number of nitrogens with one attached hydrogen (secondary N) is 1. The number of halogens is 1. The van der Waals surface area contributed by atoms with Crippen molar-refractivity contribution in [2.24, 2.45) is 5.41 Å². The summed E-state index contributed by atoms with van der Waals surface area (Å²) in [5.74, 6) is -2.06. The molecule has 9 heteroatoms. The molecular weight excluding hydrogens is 407 g/mol. The molecule has 0 radical (unpaired) electrons. The topological polar surface area (TPSA) is 108 Å². The van der Waals surface area contributed by atoms with Gasteiger partial charge in [0.1, 0.15) is 19.0 Å². The Bertz CT molecular complexity index is 933. The predicted octanol–water partition coefficient (Wildman–Crippen LogP) is 3.49. The second kappa shape index (κ2) is 10.5. The first-order valence-corrected chi connectivity index (χ1v) is 9.69. The highest BCUT2D eigenvalue weighted by Gasteiger charge is 2.31. The summed E-state index contributed by atoms with van der Waals surface area (Å²) < 4.78 is 19.6. The van der Waals surface area contributed by atoms with Crippen LogP contribution in [0.1, 0.15) is 32.3 Å². The molecule has 0 unspecified atom stereocenters. The van der Waals surface area contributed by atoms with E-state index in [2.05, 4.69) is 10.2 Å². The summed E-state index contributed by atoms with van der Waals surface area (Å²) in [4.78, 5) is 38.8. The maximum Gasteiger partial charge on any atom is 0.313 e. The van der Waals surface area contributed by atoms with Gasteiger partial charge in [0.25, 0.3) is 5.09 Å². The average Bonchev–Trinajstić information content (AvgIpc) is 2.75. The van der Waals surface area contributed by atoms with Crippen LogP contribution >= 0.6 is 0 Å². The number of hydrogen-bond acceptors (Lipinski definition) is 6. The van der Waals surface area contributed by atoms with E-state index < -0.39 is 34.8 Å². The molecule has 0 spiro atoms. The Kier molecular flexibility index (Phi) is 8.07. The Morgan fingerprint density at radius 3 is 2.48 bits per heavy atom. The fraction of sp³-hybridized carbons (Fsp3) is 0.364. The largest absolute Gasteiger partial charge is 0.463 e. The van der Waals surface area contributed by atoms with Gasteiger partial charge in [0.05, 0.1) is 17.9 Å². The lowest BCUT2D eigenvalue weighted by Gasteiger charge is -2.21. The molecule has 0 bridgehead atoms. The molecule has 0 saturated heterocycles. The van der Waals surface area contributed by atoms with Crippen LogP contribution in [0.3, 0.4) is 0 Å². The minimum Gasteiger partial charge on any atom is -0.463 e. The summed E-state index contributed by atoms with van der Waals surface area (Å²) in [7, 11) is 0. The highest BCUT2D eigenvalue weighted by molar-refractivity contribution is 5.83. The number of rotatable bonds is 10. The van der Waals surface area contributed by atoms with Crippen molar-refractivity contribution in [2.45, 2.75) is 26.7 Å². The fourth-order valence-corrected chi connectivity index (χ4v) is 2.74. The molecule has 0 fully saturated rings. The highest BCUT2D eigenvalue weighted by atomic mass is 19.1. The van der Waals surface area contributed by atoms with Gasteiger partial charge in [-0.05, 0) is 38.0 Å². The number of esters is 1. The third-order valence-electron chi connectivity index (χ3n) is 4.69. The summed E-state index contributed by atoms with van der Waals surface area (Å²) >= 11 is 0. The quantitative estimate of drug-likeness (QED) is 0.267. The Morgan fingerprint density at radius 2 is 1.87 bits per heavy atom. The molecule has 1 atom stereocenters. The second-order valence-electron chi connectivity index (χ2n) is 7.63. The average molecular weight is 432 g/mol. The lowest BCUT2D eigenvalue weighted by Crippen LogP contribution is -2.36. The van der Waals surface area contributed by atoms with Crippen LogP contribution in [0.2, 0.25) is 0 Å². The molecule has 1 amide bonds. The van der Waals surface area contributed by atoms with E-state index >= 15 is 0 Å². The summed E-state index contributed by atoms with van der Waals surface area (Å²) in [5, 5.41) is 11.9. The molecular formula is C22H25FN2O6. The van der Waals surface area contributed by atoms with Gasteiger partial charge >= 0.3 is 5.97 Å². The van der Waals surface area contributed by atoms with Gasteiger partial charge in [-0.1, -0.05) is 42.5 Å². The van der Waals surface area contributed by atoms with Gasteiger partial charge in [-0.15, -0.1) is 10.1 Å².